The number of nitriles is 1. The van der Waals surface area contributed by atoms with Crippen LogP contribution >= 0.6 is 22.7 Å². The molecule has 2 saturated heterocycles. The average Bonchev–Trinajstić information content (AvgIpc) is 1.61. The molecule has 11 rings (SSSR count). The molecule has 4 amide bonds. The summed E-state index contributed by atoms with van der Waals surface area (Å²) in [5, 5.41) is 57.2. The highest BCUT2D eigenvalue weighted by Gasteiger charge is 2.44. The van der Waals surface area contributed by atoms with Crippen LogP contribution in [0.4, 0.5) is 73.9 Å². The van der Waals surface area contributed by atoms with Crippen molar-refractivity contribution in [2.24, 2.45) is 20.5 Å². The van der Waals surface area contributed by atoms with Crippen LogP contribution in [0.1, 0.15) is 117 Å². The molecule has 2 fully saturated rings. The number of nitrogens with zero attached hydrogens (tertiary/aromatic N) is 18. The minimum atomic E-state index is -4.95. The number of carbonyl (C=O) groups excluding carboxylic acids is 4. The van der Waals surface area contributed by atoms with Gasteiger partial charge in [0, 0.05) is 77.6 Å². The molecule has 3 aromatic heterocycles. The van der Waals surface area contributed by atoms with Gasteiger partial charge in [-0.1, -0.05) is 47.4 Å². The Morgan fingerprint density at radius 1 is 0.634 bits per heavy atom. The smallest absolute Gasteiger partial charge is 0.334 e. The van der Waals surface area contributed by atoms with Crippen LogP contribution in [-0.4, -0.2) is 174 Å². The molecule has 5 N–H and O–H groups in total. The molecule has 34 heteroatoms. The van der Waals surface area contributed by atoms with Gasteiger partial charge >= 0.3 is 11.8 Å². The molecule has 0 bridgehead atoms. The number of imide groups is 2. The number of aliphatic hydroxyl groups excluding tert-OH is 2. The first-order chi connectivity index (χ1) is 48.9. The number of aliphatic hydroxyl groups is 2. The molecule has 4 aliphatic heterocycles. The highest BCUT2D eigenvalue weighted by Crippen LogP contribution is 2.46. The van der Waals surface area contributed by atoms with Gasteiger partial charge in [-0.15, -0.1) is 20.5 Å². The molecule has 101 heavy (non-hydrogen) atoms. The number of allylic oxidation sites excluding steroid dienone is 1. The van der Waals surface area contributed by atoms with Gasteiger partial charge in [-0.2, -0.15) is 43.5 Å². The number of anilines is 9. The van der Waals surface area contributed by atoms with Gasteiger partial charge in [0.2, 0.25) is 33.9 Å². The zero-order chi connectivity index (χ0) is 71.6. The van der Waals surface area contributed by atoms with Crippen molar-refractivity contribution in [3.8, 4) is 17.6 Å². The van der Waals surface area contributed by atoms with Crippen molar-refractivity contribution in [2.75, 3.05) is 128 Å². The molecule has 524 valence electrons. The summed E-state index contributed by atoms with van der Waals surface area (Å²) in [7, 11) is -1.89. The third-order valence-corrected chi connectivity index (χ3v) is 19.8. The Kier molecular flexibility index (Phi) is 22.3. The number of benzene rings is 4. The Morgan fingerprint density at radius 3 is 1.53 bits per heavy atom. The van der Waals surface area contributed by atoms with E-state index < -0.39 is 49.9 Å². The van der Waals surface area contributed by atoms with Crippen LogP contribution in [0, 0.1) is 17.9 Å². The van der Waals surface area contributed by atoms with Crippen LogP contribution in [0.15, 0.2) is 104 Å². The van der Waals surface area contributed by atoms with Crippen molar-refractivity contribution in [3.05, 3.63) is 122 Å². The van der Waals surface area contributed by atoms with Crippen LogP contribution in [0.25, 0.3) is 17.0 Å². The van der Waals surface area contributed by atoms with Crippen molar-refractivity contribution >= 4 is 142 Å². The Bertz CT molecular complexity index is 4640. The molecule has 0 radical (unpaired) electrons. The lowest BCUT2D eigenvalue weighted by molar-refractivity contribution is 0.0694. The molecule has 0 aliphatic carbocycles. The van der Waals surface area contributed by atoms with Crippen molar-refractivity contribution in [3.63, 3.8) is 0 Å². The van der Waals surface area contributed by atoms with Crippen molar-refractivity contribution < 1.29 is 51.8 Å². The zero-order valence-electron chi connectivity index (χ0n) is 56.1. The minimum absolute atomic E-state index is 0.000706. The first kappa shape index (κ1) is 71.4. The molecule has 4 aliphatic rings. The Labute approximate surface area is 590 Å². The molecular weight excluding hydrogens is 1360 g/mol. The first-order valence-electron chi connectivity index (χ1n) is 32.6. The molecule has 31 nitrogen and oxygen atoms in total. The Morgan fingerprint density at radius 2 is 1.10 bits per heavy atom. The Hall–Kier alpha value is -10.9. The fourth-order valence-corrected chi connectivity index (χ4v) is 14.6. The summed E-state index contributed by atoms with van der Waals surface area (Å²) in [6.07, 6.45) is 8.19. The maximum Gasteiger partial charge on any atom is 0.334 e. The SMILES string of the molecule is [C-]#[N+]/C(=C\c1sc(/N=N/c2cc(OC)c(N(CC)CC)cc2Nc2nc(Nc3cc(N(CC)CC)c(OC)cc3/N=N/c3nc(N4CCCCC4)c(/C=C(\C#N)N4C(=O)c5cccc(S(=O)(=O)O)c5C4=O)s3)nc(N(CCO)CCO)n2)nc1N1CCCCC1)N1C(=O)c2ccccc2C1=O. The number of azo groups is 2. The predicted molar refractivity (Wildman–Crippen MR) is 382 cm³/mol. The summed E-state index contributed by atoms with van der Waals surface area (Å²) in [5.41, 5.74) is 1.51. The molecule has 0 unspecified atom stereocenters. The van der Waals surface area contributed by atoms with E-state index in [-0.39, 0.29) is 88.3 Å². The average molecular weight is 1430 g/mol. The van der Waals surface area contributed by atoms with E-state index in [0.29, 0.717) is 113 Å². The van der Waals surface area contributed by atoms with E-state index in [1.807, 2.05) is 44.7 Å². The van der Waals surface area contributed by atoms with E-state index in [9.17, 15) is 47.6 Å². The predicted octanol–water partition coefficient (Wildman–Crippen LogP) is 11.5. The number of piperidine rings is 2. The van der Waals surface area contributed by atoms with E-state index in [2.05, 4.69) is 35.3 Å². The van der Waals surface area contributed by atoms with Crippen molar-refractivity contribution in [1.29, 1.82) is 5.26 Å². The molecule has 0 spiro atoms. The van der Waals surface area contributed by atoms with E-state index in [0.717, 1.165) is 72.2 Å². The summed E-state index contributed by atoms with van der Waals surface area (Å²) in [6.45, 7) is 20.3. The lowest BCUT2D eigenvalue weighted by atomic mass is 10.1. The number of thiazole rings is 2. The van der Waals surface area contributed by atoms with E-state index >= 15 is 0 Å². The van der Waals surface area contributed by atoms with E-state index in [1.165, 1.54) is 31.4 Å². The molecule has 0 saturated carbocycles. The fraction of sp³-hybridized carbons (Fsp3) is 0.358. The van der Waals surface area contributed by atoms with E-state index in [4.69, 9.17) is 56.3 Å². The van der Waals surface area contributed by atoms with Crippen LogP contribution in [0.2, 0.25) is 0 Å². The summed E-state index contributed by atoms with van der Waals surface area (Å²) >= 11 is 2.13. The summed E-state index contributed by atoms with van der Waals surface area (Å²) in [5.74, 6) is -1.76. The first-order valence-corrected chi connectivity index (χ1v) is 35.7. The monoisotopic (exact) mass is 1430 g/mol. The van der Waals surface area contributed by atoms with Gasteiger partial charge in [0.1, 0.15) is 51.2 Å². The molecule has 4 aromatic carbocycles. The standard InChI is InChI=1S/C67H72N20O11S3/c1-8-81(9-2)48-34-44(46(36-50(48)97-6)77-79-66-72-57(83-25-16-12-17-26-83)52(99-66)33-40(39-68)86-61(92)43-23-20-24-54(101(94,95)96)56(43)62(86)93)70-63-74-64(76-65(75-63)85(29-31-88)30-32-89)71-45-35-49(82(10-3)11-4)51(98-7)37-47(45)78-80-67-73-58(84-27-18-13-19-28-84)53(100-67)38-55(69-5)87-59(90)41-21-14-15-22-42(41)60(87)91/h14-15,20-24,33-38,88-89H,8-13,16-19,25-32H2,1-4,6-7H3,(H,94,95,96)(H2,70,71,74,75,76)/b40-33+,55-38+,79-77+,80-78+. The number of rotatable bonds is 28. The van der Waals surface area contributed by atoms with Crippen LogP contribution in [-0.2, 0) is 10.1 Å². The van der Waals surface area contributed by atoms with Crippen LogP contribution in [0.5, 0.6) is 11.5 Å². The maximum atomic E-state index is 13.9. The number of carbonyl (C=O) groups is 4. The molecule has 0 atom stereocenters. The quantitative estimate of drug-likeness (QED) is 0.00999. The Balaban J connectivity index is 0.994. The maximum absolute atomic E-state index is 13.9. The van der Waals surface area contributed by atoms with Crippen molar-refractivity contribution in [2.45, 2.75) is 71.1 Å². The summed E-state index contributed by atoms with van der Waals surface area (Å²) in [4.78, 5) is 94.5. The third-order valence-electron chi connectivity index (χ3n) is 17.2. The van der Waals surface area contributed by atoms with Crippen LogP contribution in [0.3, 0.4) is 0 Å². The number of nitrogens with one attached hydrogen (secondary N) is 2. The van der Waals surface area contributed by atoms with Gasteiger partial charge in [-0.25, -0.2) is 14.5 Å². The normalized spacial score (nSPS) is 15.0. The van der Waals surface area contributed by atoms with Gasteiger partial charge < -0.3 is 59.7 Å². The van der Waals surface area contributed by atoms with Crippen molar-refractivity contribution in [1.82, 2.24) is 34.7 Å². The van der Waals surface area contributed by atoms with Crippen LogP contribution < -0.4 is 44.6 Å². The van der Waals surface area contributed by atoms with E-state index in [1.54, 1.807) is 54.5 Å². The fourth-order valence-electron chi connectivity index (χ4n) is 12.2. The second-order valence-electron chi connectivity index (χ2n) is 23.1. The van der Waals surface area contributed by atoms with Gasteiger partial charge in [0.15, 0.2) is 0 Å². The number of hydrogen-bond acceptors (Lipinski definition) is 29. The molecule has 7 heterocycles. The topological polar surface area (TPSA) is 370 Å². The second kappa shape index (κ2) is 31.5. The number of aromatic nitrogens is 5. The third kappa shape index (κ3) is 15.0. The number of fused-ring (bicyclic) bond motifs is 2. The minimum Gasteiger partial charge on any atom is -0.494 e. The number of ether oxygens (including phenoxy) is 2. The van der Waals surface area contributed by atoms with Gasteiger partial charge in [-0.3, -0.25) is 14.1 Å². The van der Waals surface area contributed by atoms with Gasteiger partial charge in [0.05, 0.1) is 82.2 Å². The summed E-state index contributed by atoms with van der Waals surface area (Å²) < 4.78 is 46.7. The summed E-state index contributed by atoms with van der Waals surface area (Å²) in [6, 6.07) is 18.8. The van der Waals surface area contributed by atoms with Gasteiger partial charge in [-0.05, 0) is 115 Å². The zero-order valence-corrected chi connectivity index (χ0v) is 58.6. The highest BCUT2D eigenvalue weighted by molar-refractivity contribution is 7.86. The number of hydrogen-bond donors (Lipinski definition) is 5. The lowest BCUT2D eigenvalue weighted by Gasteiger charge is -2.27. The molecule has 7 aromatic rings. The van der Waals surface area contributed by atoms with Gasteiger partial charge in [0.25, 0.3) is 21.9 Å². The molecular formula is C67H72N20O11S3. The largest absolute Gasteiger partial charge is 0.494 e. The highest BCUT2D eigenvalue weighted by atomic mass is 32.2. The lowest BCUT2D eigenvalue weighted by Crippen LogP contribution is -2.31. The number of methoxy groups -OCH3 is 2. The number of amides is 4. The second-order valence-corrected chi connectivity index (χ2v) is 26.5.